The molecule has 0 fully saturated rings. The molecule has 1 N–H and O–H groups in total. The zero-order valence-corrected chi connectivity index (χ0v) is 12.4. The van der Waals surface area contributed by atoms with Crippen molar-refractivity contribution in [3.63, 3.8) is 0 Å². The number of hydrogen-bond acceptors (Lipinski definition) is 1. The summed E-state index contributed by atoms with van der Waals surface area (Å²) < 4.78 is 2.40. The van der Waals surface area contributed by atoms with Gasteiger partial charge in [-0.05, 0) is 48.4 Å². The van der Waals surface area contributed by atoms with Gasteiger partial charge in [0.2, 0.25) is 0 Å². The van der Waals surface area contributed by atoms with Gasteiger partial charge in [0, 0.05) is 23.1 Å². The van der Waals surface area contributed by atoms with Gasteiger partial charge in [-0.2, -0.15) is 0 Å². The van der Waals surface area contributed by atoms with Crippen molar-refractivity contribution in [2.24, 2.45) is 0 Å². The molecular formula is C19H21NO. The molecule has 0 saturated carbocycles. The molecule has 108 valence electrons. The predicted molar refractivity (Wildman–Crippen MR) is 88.6 cm³/mol. The van der Waals surface area contributed by atoms with Crippen LogP contribution in [0.1, 0.15) is 26.2 Å². The second-order valence-corrected chi connectivity index (χ2v) is 5.49. The minimum atomic E-state index is 0.312. The van der Waals surface area contributed by atoms with Gasteiger partial charge < -0.3 is 9.67 Å². The van der Waals surface area contributed by atoms with Crippen LogP contribution in [0.5, 0.6) is 5.75 Å². The van der Waals surface area contributed by atoms with Crippen LogP contribution in [0, 0.1) is 0 Å². The number of hydrogen-bond donors (Lipinski definition) is 1. The molecule has 3 aromatic rings. The molecule has 1 heterocycles. The summed E-state index contributed by atoms with van der Waals surface area (Å²) in [4.78, 5) is 0. The van der Waals surface area contributed by atoms with Crippen molar-refractivity contribution in [3.05, 3.63) is 54.6 Å². The second-order valence-electron chi connectivity index (χ2n) is 5.49. The van der Waals surface area contributed by atoms with Crippen LogP contribution in [0.25, 0.3) is 22.2 Å². The third kappa shape index (κ3) is 2.80. The highest BCUT2D eigenvalue weighted by atomic mass is 16.3. The number of aryl methyl sites for hydroxylation is 1. The highest BCUT2D eigenvalue weighted by Crippen LogP contribution is 2.29. The fraction of sp³-hybridized carbons (Fsp3) is 0.263. The maximum absolute atomic E-state index is 9.48. The lowest BCUT2D eigenvalue weighted by atomic mass is 10.1. The number of rotatable bonds is 5. The number of benzene rings is 2. The summed E-state index contributed by atoms with van der Waals surface area (Å²) in [5.41, 5.74) is 3.67. The second kappa shape index (κ2) is 6.04. The average molecular weight is 279 g/mol. The molecule has 0 saturated heterocycles. The van der Waals surface area contributed by atoms with Crippen LogP contribution >= 0.6 is 0 Å². The minimum Gasteiger partial charge on any atom is -0.508 e. The molecule has 0 spiro atoms. The van der Waals surface area contributed by atoms with Gasteiger partial charge in [-0.25, -0.2) is 0 Å². The summed E-state index contributed by atoms with van der Waals surface area (Å²) in [6.45, 7) is 3.27. The van der Waals surface area contributed by atoms with Crippen LogP contribution in [0.4, 0.5) is 0 Å². The van der Waals surface area contributed by atoms with E-state index >= 15 is 0 Å². The fourth-order valence-electron chi connectivity index (χ4n) is 2.84. The predicted octanol–water partition coefficient (Wildman–Crippen LogP) is 5.20. The SMILES string of the molecule is CCCCCn1c(-c2ccc(O)cc2)cc2ccccc21. The van der Waals surface area contributed by atoms with Crippen LogP contribution in [-0.4, -0.2) is 9.67 Å². The van der Waals surface area contributed by atoms with Gasteiger partial charge in [-0.1, -0.05) is 38.0 Å². The largest absolute Gasteiger partial charge is 0.508 e. The lowest BCUT2D eigenvalue weighted by Crippen LogP contribution is -2.00. The Bertz CT molecular complexity index is 725. The van der Waals surface area contributed by atoms with E-state index in [1.807, 2.05) is 12.1 Å². The number of aromatic hydroxyl groups is 1. The maximum Gasteiger partial charge on any atom is 0.115 e. The van der Waals surface area contributed by atoms with Crippen molar-refractivity contribution in [3.8, 4) is 17.0 Å². The quantitative estimate of drug-likeness (QED) is 0.638. The molecule has 0 atom stereocenters. The monoisotopic (exact) mass is 279 g/mol. The van der Waals surface area contributed by atoms with Gasteiger partial charge >= 0.3 is 0 Å². The topological polar surface area (TPSA) is 25.2 Å². The van der Waals surface area contributed by atoms with Gasteiger partial charge in [0.1, 0.15) is 5.75 Å². The van der Waals surface area contributed by atoms with E-state index in [-0.39, 0.29) is 0 Å². The van der Waals surface area contributed by atoms with Gasteiger partial charge in [-0.15, -0.1) is 0 Å². The van der Waals surface area contributed by atoms with Crippen molar-refractivity contribution in [1.82, 2.24) is 4.57 Å². The van der Waals surface area contributed by atoms with E-state index < -0.39 is 0 Å². The Morgan fingerprint density at radius 2 is 1.71 bits per heavy atom. The van der Waals surface area contributed by atoms with Crippen molar-refractivity contribution in [2.45, 2.75) is 32.7 Å². The first-order valence-electron chi connectivity index (χ1n) is 7.67. The summed E-state index contributed by atoms with van der Waals surface area (Å²) >= 11 is 0. The Hall–Kier alpha value is -2.22. The van der Waals surface area contributed by atoms with Gasteiger partial charge in [0.05, 0.1) is 0 Å². The third-order valence-electron chi connectivity index (χ3n) is 3.96. The summed E-state index contributed by atoms with van der Waals surface area (Å²) in [6, 6.07) is 18.2. The smallest absolute Gasteiger partial charge is 0.115 e. The van der Waals surface area contributed by atoms with E-state index in [0.717, 1.165) is 12.1 Å². The van der Waals surface area contributed by atoms with Crippen LogP contribution in [0.3, 0.4) is 0 Å². The van der Waals surface area contributed by atoms with Crippen LogP contribution in [0.2, 0.25) is 0 Å². The number of unbranched alkanes of at least 4 members (excludes halogenated alkanes) is 2. The molecule has 0 aliphatic heterocycles. The number of aromatic nitrogens is 1. The van der Waals surface area contributed by atoms with Gasteiger partial charge in [-0.3, -0.25) is 0 Å². The summed E-state index contributed by atoms with van der Waals surface area (Å²) in [6.07, 6.45) is 3.68. The van der Waals surface area contributed by atoms with E-state index in [9.17, 15) is 5.11 Å². The number of para-hydroxylation sites is 1. The Morgan fingerprint density at radius 1 is 0.952 bits per heavy atom. The maximum atomic E-state index is 9.48. The highest BCUT2D eigenvalue weighted by molar-refractivity contribution is 5.87. The molecule has 2 nitrogen and oxygen atoms in total. The highest BCUT2D eigenvalue weighted by Gasteiger charge is 2.10. The van der Waals surface area contributed by atoms with E-state index in [0.29, 0.717) is 5.75 Å². The first kappa shape index (κ1) is 13.7. The molecule has 21 heavy (non-hydrogen) atoms. The standard InChI is InChI=1S/C19H21NO/c1-2-3-6-13-20-18-8-5-4-7-16(18)14-19(20)15-9-11-17(21)12-10-15/h4-5,7-12,14,21H,2-3,6,13H2,1H3. The van der Waals surface area contributed by atoms with Crippen molar-refractivity contribution >= 4 is 10.9 Å². The van der Waals surface area contributed by atoms with Crippen LogP contribution in [0.15, 0.2) is 54.6 Å². The zero-order chi connectivity index (χ0) is 14.7. The van der Waals surface area contributed by atoms with E-state index in [1.165, 1.54) is 35.9 Å². The molecule has 0 aliphatic rings. The first-order chi connectivity index (χ1) is 10.3. The van der Waals surface area contributed by atoms with Gasteiger partial charge in [0.25, 0.3) is 0 Å². The molecule has 2 aromatic carbocycles. The molecule has 0 radical (unpaired) electrons. The summed E-state index contributed by atoms with van der Waals surface area (Å²) in [5.74, 6) is 0.312. The Kier molecular flexibility index (Phi) is 3.96. The van der Waals surface area contributed by atoms with Crippen molar-refractivity contribution in [2.75, 3.05) is 0 Å². The zero-order valence-electron chi connectivity index (χ0n) is 12.4. The Labute approximate surface area is 125 Å². The number of phenols is 1. The normalized spacial score (nSPS) is 11.1. The lowest BCUT2D eigenvalue weighted by Gasteiger charge is -2.11. The molecular weight excluding hydrogens is 258 g/mol. The number of nitrogens with zero attached hydrogens (tertiary/aromatic N) is 1. The number of phenolic OH excluding ortho intramolecular Hbond substituents is 1. The average Bonchev–Trinajstić information content (AvgIpc) is 2.87. The first-order valence-corrected chi connectivity index (χ1v) is 7.67. The Morgan fingerprint density at radius 3 is 2.48 bits per heavy atom. The third-order valence-corrected chi connectivity index (χ3v) is 3.96. The molecule has 0 aliphatic carbocycles. The lowest BCUT2D eigenvalue weighted by molar-refractivity contribution is 0.475. The van der Waals surface area contributed by atoms with Crippen molar-refractivity contribution < 1.29 is 5.11 Å². The van der Waals surface area contributed by atoms with Gasteiger partial charge in [0.15, 0.2) is 0 Å². The minimum absolute atomic E-state index is 0.312. The molecule has 0 amide bonds. The molecule has 0 bridgehead atoms. The molecule has 1 aromatic heterocycles. The molecule has 0 unspecified atom stereocenters. The fourth-order valence-corrected chi connectivity index (χ4v) is 2.84. The summed E-state index contributed by atoms with van der Waals surface area (Å²) in [5, 5.41) is 10.8. The van der Waals surface area contributed by atoms with E-state index in [1.54, 1.807) is 12.1 Å². The van der Waals surface area contributed by atoms with E-state index in [4.69, 9.17) is 0 Å². The van der Waals surface area contributed by atoms with Crippen molar-refractivity contribution in [1.29, 1.82) is 0 Å². The molecule has 3 rings (SSSR count). The van der Waals surface area contributed by atoms with Crippen LogP contribution < -0.4 is 0 Å². The number of fused-ring (bicyclic) bond motifs is 1. The van der Waals surface area contributed by atoms with E-state index in [2.05, 4.69) is 41.8 Å². The Balaban J connectivity index is 2.07. The molecule has 2 heteroatoms. The van der Waals surface area contributed by atoms with Crippen LogP contribution in [-0.2, 0) is 6.54 Å². The summed E-state index contributed by atoms with van der Waals surface area (Å²) in [7, 11) is 0.